The SMILES string of the molecule is CCC(=O)c1ccc(OCc2csc(-c3ccc(F)cc3)n2)cc1. The van der Waals surface area contributed by atoms with Crippen molar-refractivity contribution in [3.05, 3.63) is 71.0 Å². The molecule has 0 fully saturated rings. The highest BCUT2D eigenvalue weighted by molar-refractivity contribution is 7.13. The Bertz CT molecular complexity index is 825. The lowest BCUT2D eigenvalue weighted by atomic mass is 10.1. The van der Waals surface area contributed by atoms with Gasteiger partial charge in [-0.25, -0.2) is 9.37 Å². The number of halogens is 1. The van der Waals surface area contributed by atoms with Crippen LogP contribution in [0.15, 0.2) is 53.9 Å². The highest BCUT2D eigenvalue weighted by Crippen LogP contribution is 2.24. The van der Waals surface area contributed by atoms with Crippen molar-refractivity contribution >= 4 is 17.1 Å². The van der Waals surface area contributed by atoms with Crippen molar-refractivity contribution in [2.75, 3.05) is 0 Å². The van der Waals surface area contributed by atoms with Crippen LogP contribution >= 0.6 is 11.3 Å². The van der Waals surface area contributed by atoms with Crippen molar-refractivity contribution in [3.63, 3.8) is 0 Å². The summed E-state index contributed by atoms with van der Waals surface area (Å²) < 4.78 is 18.7. The zero-order valence-electron chi connectivity index (χ0n) is 13.2. The van der Waals surface area contributed by atoms with E-state index in [4.69, 9.17) is 4.74 Å². The van der Waals surface area contributed by atoms with Crippen LogP contribution in [0.25, 0.3) is 10.6 Å². The van der Waals surface area contributed by atoms with Gasteiger partial charge < -0.3 is 4.74 Å². The second-order valence-electron chi connectivity index (χ2n) is 5.24. The van der Waals surface area contributed by atoms with Crippen LogP contribution in [0.5, 0.6) is 5.75 Å². The first kappa shape index (κ1) is 16.3. The lowest BCUT2D eigenvalue weighted by molar-refractivity contribution is 0.0988. The number of carbonyl (C=O) groups excluding carboxylic acids is 1. The van der Waals surface area contributed by atoms with Crippen molar-refractivity contribution in [1.82, 2.24) is 4.98 Å². The normalized spacial score (nSPS) is 10.6. The summed E-state index contributed by atoms with van der Waals surface area (Å²) in [6.45, 7) is 2.19. The molecule has 3 aromatic rings. The number of rotatable bonds is 6. The number of ether oxygens (including phenoxy) is 1. The molecule has 122 valence electrons. The quantitative estimate of drug-likeness (QED) is 0.584. The molecular weight excluding hydrogens is 325 g/mol. The number of thiazole rings is 1. The second-order valence-corrected chi connectivity index (χ2v) is 6.10. The zero-order chi connectivity index (χ0) is 16.9. The number of aromatic nitrogens is 1. The molecule has 0 radical (unpaired) electrons. The van der Waals surface area contributed by atoms with Gasteiger partial charge in [-0.05, 0) is 48.5 Å². The standard InChI is InChI=1S/C19H16FNO2S/c1-2-18(22)13-5-9-17(10-6-13)23-11-16-12-24-19(21-16)14-3-7-15(20)8-4-14/h3-10,12H,2,11H2,1H3. The van der Waals surface area contributed by atoms with E-state index in [0.29, 0.717) is 24.3 Å². The number of nitrogens with zero attached hydrogens (tertiary/aromatic N) is 1. The molecule has 3 nitrogen and oxygen atoms in total. The van der Waals surface area contributed by atoms with Gasteiger partial charge in [0, 0.05) is 22.9 Å². The molecule has 2 aromatic carbocycles. The third-order valence-corrected chi connectivity index (χ3v) is 4.47. The molecule has 24 heavy (non-hydrogen) atoms. The van der Waals surface area contributed by atoms with Crippen molar-refractivity contribution in [3.8, 4) is 16.3 Å². The first-order chi connectivity index (χ1) is 11.7. The van der Waals surface area contributed by atoms with Crippen LogP contribution in [0.1, 0.15) is 29.4 Å². The van der Waals surface area contributed by atoms with E-state index in [1.807, 2.05) is 12.3 Å². The van der Waals surface area contributed by atoms with E-state index >= 15 is 0 Å². The molecule has 0 aliphatic heterocycles. The fourth-order valence-corrected chi connectivity index (χ4v) is 3.01. The Morgan fingerprint density at radius 1 is 1.12 bits per heavy atom. The average molecular weight is 341 g/mol. The van der Waals surface area contributed by atoms with Crippen LogP contribution in [0, 0.1) is 5.82 Å². The second kappa shape index (κ2) is 7.36. The number of benzene rings is 2. The van der Waals surface area contributed by atoms with Crippen molar-refractivity contribution in [2.24, 2.45) is 0 Å². The molecule has 0 amide bonds. The van der Waals surface area contributed by atoms with Crippen LogP contribution in [0.4, 0.5) is 4.39 Å². The third kappa shape index (κ3) is 3.86. The summed E-state index contributed by atoms with van der Waals surface area (Å²) in [5.74, 6) is 0.549. The Hall–Kier alpha value is -2.53. The van der Waals surface area contributed by atoms with E-state index in [-0.39, 0.29) is 11.6 Å². The molecule has 0 aliphatic rings. The van der Waals surface area contributed by atoms with Crippen molar-refractivity contribution in [2.45, 2.75) is 20.0 Å². The van der Waals surface area contributed by atoms with Gasteiger partial charge in [-0.3, -0.25) is 4.79 Å². The van der Waals surface area contributed by atoms with Gasteiger partial charge in [-0.15, -0.1) is 11.3 Å². The Morgan fingerprint density at radius 3 is 2.50 bits per heavy atom. The van der Waals surface area contributed by atoms with Gasteiger partial charge in [0.05, 0.1) is 5.69 Å². The van der Waals surface area contributed by atoms with Crippen LogP contribution in [0.2, 0.25) is 0 Å². The first-order valence-corrected chi connectivity index (χ1v) is 8.50. The minimum Gasteiger partial charge on any atom is -0.487 e. The van der Waals surface area contributed by atoms with Gasteiger partial charge in [-0.2, -0.15) is 0 Å². The van der Waals surface area contributed by atoms with E-state index in [1.54, 1.807) is 36.4 Å². The summed E-state index contributed by atoms with van der Waals surface area (Å²) in [5, 5.41) is 2.76. The van der Waals surface area contributed by atoms with E-state index in [0.717, 1.165) is 16.3 Å². The minimum absolute atomic E-state index is 0.116. The van der Waals surface area contributed by atoms with Gasteiger partial charge in [0.15, 0.2) is 5.78 Å². The molecule has 5 heteroatoms. The van der Waals surface area contributed by atoms with Crippen LogP contribution in [0.3, 0.4) is 0 Å². The smallest absolute Gasteiger partial charge is 0.162 e. The topological polar surface area (TPSA) is 39.2 Å². The summed E-state index contributed by atoms with van der Waals surface area (Å²) in [4.78, 5) is 16.1. The number of Topliss-reactive ketones (excluding diaryl/α,β-unsaturated/α-hetero) is 1. The molecule has 0 bridgehead atoms. The summed E-state index contributed by atoms with van der Waals surface area (Å²) >= 11 is 1.49. The number of carbonyl (C=O) groups is 1. The molecule has 3 rings (SSSR count). The molecule has 0 unspecified atom stereocenters. The molecule has 0 aliphatic carbocycles. The van der Waals surface area contributed by atoms with Crippen molar-refractivity contribution in [1.29, 1.82) is 0 Å². The van der Waals surface area contributed by atoms with Gasteiger partial charge in [0.25, 0.3) is 0 Å². The fourth-order valence-electron chi connectivity index (χ4n) is 2.20. The first-order valence-electron chi connectivity index (χ1n) is 7.62. The van der Waals surface area contributed by atoms with Crippen LogP contribution < -0.4 is 4.74 Å². The van der Waals surface area contributed by atoms with Gasteiger partial charge in [0.2, 0.25) is 0 Å². The maximum atomic E-state index is 13.0. The summed E-state index contributed by atoms with van der Waals surface area (Å²) in [5.41, 5.74) is 2.39. The Kier molecular flexibility index (Phi) is 5.01. The monoisotopic (exact) mass is 341 g/mol. The molecule has 0 saturated carbocycles. The Balaban J connectivity index is 1.63. The summed E-state index contributed by atoms with van der Waals surface area (Å²) in [7, 11) is 0. The number of hydrogen-bond acceptors (Lipinski definition) is 4. The van der Waals surface area contributed by atoms with Crippen molar-refractivity contribution < 1.29 is 13.9 Å². The molecule has 0 spiro atoms. The molecule has 0 saturated heterocycles. The van der Waals surface area contributed by atoms with Crippen LogP contribution in [-0.4, -0.2) is 10.8 Å². The van der Waals surface area contributed by atoms with Crippen LogP contribution in [-0.2, 0) is 6.61 Å². The van der Waals surface area contributed by atoms with E-state index in [2.05, 4.69) is 4.98 Å². The van der Waals surface area contributed by atoms with E-state index in [9.17, 15) is 9.18 Å². The molecule has 1 heterocycles. The largest absolute Gasteiger partial charge is 0.487 e. The maximum absolute atomic E-state index is 13.0. The number of hydrogen-bond donors (Lipinski definition) is 0. The molecule has 0 atom stereocenters. The molecular formula is C19H16FNO2S. The summed E-state index contributed by atoms with van der Waals surface area (Å²) in [6.07, 6.45) is 0.491. The van der Waals surface area contributed by atoms with Gasteiger partial charge >= 0.3 is 0 Å². The summed E-state index contributed by atoms with van der Waals surface area (Å²) in [6, 6.07) is 13.4. The zero-order valence-corrected chi connectivity index (χ0v) is 14.0. The molecule has 1 aromatic heterocycles. The van der Waals surface area contributed by atoms with E-state index < -0.39 is 0 Å². The Labute approximate surface area is 143 Å². The lowest BCUT2D eigenvalue weighted by Gasteiger charge is -2.05. The minimum atomic E-state index is -0.260. The number of ketones is 1. The average Bonchev–Trinajstić information content (AvgIpc) is 3.09. The predicted octanol–water partition coefficient (Wildman–Crippen LogP) is 5.12. The van der Waals surface area contributed by atoms with Gasteiger partial charge in [0.1, 0.15) is 23.2 Å². The maximum Gasteiger partial charge on any atom is 0.162 e. The lowest BCUT2D eigenvalue weighted by Crippen LogP contribution is -1.98. The highest BCUT2D eigenvalue weighted by atomic mass is 32.1. The highest BCUT2D eigenvalue weighted by Gasteiger charge is 2.07. The van der Waals surface area contributed by atoms with E-state index in [1.165, 1.54) is 23.5 Å². The predicted molar refractivity (Wildman–Crippen MR) is 92.9 cm³/mol. The Morgan fingerprint density at radius 2 is 1.83 bits per heavy atom. The molecule has 0 N–H and O–H groups in total. The van der Waals surface area contributed by atoms with Gasteiger partial charge in [-0.1, -0.05) is 6.92 Å². The third-order valence-electron chi connectivity index (χ3n) is 3.53. The fraction of sp³-hybridized carbons (Fsp3) is 0.158.